The summed E-state index contributed by atoms with van der Waals surface area (Å²) in [5.41, 5.74) is 1.48. The second-order valence-corrected chi connectivity index (χ2v) is 6.50. The smallest absolute Gasteiger partial charge is 0.182 e. The molecule has 1 heterocycles. The molecule has 0 aliphatic heterocycles. The zero-order valence-electron chi connectivity index (χ0n) is 11.4. The Bertz CT molecular complexity index is 632. The summed E-state index contributed by atoms with van der Waals surface area (Å²) in [5, 5.41) is 1.06. The Labute approximate surface area is 127 Å². The molecule has 0 unspecified atom stereocenters. The van der Waals surface area contributed by atoms with E-state index in [1.165, 1.54) is 32.1 Å². The number of pyridine rings is 1. The number of carbonyl (C=O) groups is 1. The molecule has 104 valence electrons. The van der Waals surface area contributed by atoms with E-state index in [-0.39, 0.29) is 5.78 Å². The number of halogens is 1. The number of rotatable bonds is 3. The summed E-state index contributed by atoms with van der Waals surface area (Å²) in [5.74, 6) is 0.728. The van der Waals surface area contributed by atoms with Gasteiger partial charge in [-0.15, -0.1) is 0 Å². The summed E-state index contributed by atoms with van der Waals surface area (Å²) in [6, 6.07) is 9.91. The third-order valence-corrected chi connectivity index (χ3v) is 4.74. The molecule has 1 saturated carbocycles. The standard InChI is InChI=1S/C17H18BrNO/c18-14-11-13-8-4-5-9-15(13)19-17(14)16(20)10-12-6-2-1-3-7-12/h4-5,8-9,11-12H,1-3,6-7,10H2. The highest BCUT2D eigenvalue weighted by atomic mass is 79.9. The van der Waals surface area contributed by atoms with Gasteiger partial charge in [-0.1, -0.05) is 50.3 Å². The van der Waals surface area contributed by atoms with Crippen LogP contribution in [0, 0.1) is 5.92 Å². The number of Topliss-reactive ketones (excluding diaryl/α,β-unsaturated/α-hetero) is 1. The van der Waals surface area contributed by atoms with E-state index >= 15 is 0 Å². The molecule has 0 amide bonds. The molecule has 0 atom stereocenters. The van der Waals surface area contributed by atoms with E-state index in [1.54, 1.807) is 0 Å². The van der Waals surface area contributed by atoms with Gasteiger partial charge in [0.15, 0.2) is 5.78 Å². The maximum Gasteiger partial charge on any atom is 0.182 e. The Balaban J connectivity index is 1.84. The molecule has 0 bridgehead atoms. The maximum absolute atomic E-state index is 12.5. The van der Waals surface area contributed by atoms with Crippen molar-refractivity contribution in [1.82, 2.24) is 4.98 Å². The average Bonchev–Trinajstić information content (AvgIpc) is 2.47. The fourth-order valence-electron chi connectivity index (χ4n) is 3.04. The van der Waals surface area contributed by atoms with Gasteiger partial charge < -0.3 is 0 Å². The lowest BCUT2D eigenvalue weighted by molar-refractivity contribution is 0.0945. The number of hydrogen-bond acceptors (Lipinski definition) is 2. The van der Waals surface area contributed by atoms with Crippen molar-refractivity contribution in [3.05, 3.63) is 40.5 Å². The van der Waals surface area contributed by atoms with Crippen LogP contribution >= 0.6 is 15.9 Å². The Morgan fingerprint density at radius 3 is 2.75 bits per heavy atom. The van der Waals surface area contributed by atoms with Crippen molar-refractivity contribution in [2.45, 2.75) is 38.5 Å². The second-order valence-electron chi connectivity index (χ2n) is 5.64. The molecule has 0 N–H and O–H groups in total. The predicted octanol–water partition coefficient (Wildman–Crippen LogP) is 5.15. The van der Waals surface area contributed by atoms with Gasteiger partial charge in [-0.25, -0.2) is 4.98 Å². The highest BCUT2D eigenvalue weighted by molar-refractivity contribution is 9.10. The van der Waals surface area contributed by atoms with Gasteiger partial charge in [-0.2, -0.15) is 0 Å². The molecule has 1 aliphatic rings. The largest absolute Gasteiger partial charge is 0.292 e. The van der Waals surface area contributed by atoms with Crippen molar-refractivity contribution in [3.8, 4) is 0 Å². The third-order valence-electron chi connectivity index (χ3n) is 4.14. The minimum atomic E-state index is 0.175. The van der Waals surface area contributed by atoms with Crippen LogP contribution in [-0.2, 0) is 0 Å². The Morgan fingerprint density at radius 1 is 1.20 bits per heavy atom. The van der Waals surface area contributed by atoms with Crippen LogP contribution in [0.3, 0.4) is 0 Å². The van der Waals surface area contributed by atoms with Gasteiger partial charge in [0.05, 0.1) is 5.52 Å². The maximum atomic E-state index is 12.5. The molecule has 20 heavy (non-hydrogen) atoms. The van der Waals surface area contributed by atoms with Gasteiger partial charge >= 0.3 is 0 Å². The number of hydrogen-bond donors (Lipinski definition) is 0. The predicted molar refractivity (Wildman–Crippen MR) is 85.0 cm³/mol. The quantitative estimate of drug-likeness (QED) is 0.728. The number of aromatic nitrogens is 1. The summed E-state index contributed by atoms with van der Waals surface area (Å²) in [4.78, 5) is 17.0. The van der Waals surface area contributed by atoms with E-state index in [0.717, 1.165) is 15.4 Å². The third kappa shape index (κ3) is 2.93. The number of nitrogens with zero attached hydrogens (tertiary/aromatic N) is 1. The van der Waals surface area contributed by atoms with Crippen LogP contribution < -0.4 is 0 Å². The molecule has 0 radical (unpaired) electrons. The van der Waals surface area contributed by atoms with Gasteiger partial charge in [0.2, 0.25) is 0 Å². The minimum absolute atomic E-state index is 0.175. The van der Waals surface area contributed by atoms with Gasteiger partial charge in [0.1, 0.15) is 5.69 Å². The molecule has 1 aromatic carbocycles. The van der Waals surface area contributed by atoms with Crippen LogP contribution in [0.15, 0.2) is 34.8 Å². The zero-order valence-corrected chi connectivity index (χ0v) is 13.0. The zero-order chi connectivity index (χ0) is 13.9. The first-order valence-corrected chi connectivity index (χ1v) is 8.12. The van der Waals surface area contributed by atoms with Crippen molar-refractivity contribution in [2.75, 3.05) is 0 Å². The van der Waals surface area contributed by atoms with Gasteiger partial charge in [0, 0.05) is 16.3 Å². The molecule has 1 aliphatic carbocycles. The first-order chi connectivity index (χ1) is 9.74. The molecular formula is C17H18BrNO. The van der Waals surface area contributed by atoms with Crippen molar-refractivity contribution in [2.24, 2.45) is 5.92 Å². The summed E-state index contributed by atoms with van der Waals surface area (Å²) < 4.78 is 0.817. The highest BCUT2D eigenvalue weighted by Crippen LogP contribution is 2.29. The van der Waals surface area contributed by atoms with Gasteiger partial charge in [-0.05, 0) is 34.0 Å². The molecule has 3 heteroatoms. The molecule has 2 nitrogen and oxygen atoms in total. The van der Waals surface area contributed by atoms with E-state index in [9.17, 15) is 4.79 Å². The van der Waals surface area contributed by atoms with E-state index in [2.05, 4.69) is 20.9 Å². The molecular weight excluding hydrogens is 314 g/mol. The first-order valence-electron chi connectivity index (χ1n) is 7.32. The van der Waals surface area contributed by atoms with Crippen LogP contribution in [-0.4, -0.2) is 10.8 Å². The molecule has 1 fully saturated rings. The summed E-state index contributed by atoms with van der Waals surface area (Å²) in [6.45, 7) is 0. The van der Waals surface area contributed by atoms with E-state index in [1.807, 2.05) is 30.3 Å². The fraction of sp³-hybridized carbons (Fsp3) is 0.412. The van der Waals surface area contributed by atoms with Gasteiger partial charge in [-0.3, -0.25) is 4.79 Å². The van der Waals surface area contributed by atoms with Crippen LogP contribution in [0.5, 0.6) is 0 Å². The normalized spacial score (nSPS) is 16.4. The van der Waals surface area contributed by atoms with E-state index in [0.29, 0.717) is 18.0 Å². The lowest BCUT2D eigenvalue weighted by Crippen LogP contribution is -2.13. The van der Waals surface area contributed by atoms with Crippen LogP contribution in [0.1, 0.15) is 49.0 Å². The van der Waals surface area contributed by atoms with Crippen LogP contribution in [0.25, 0.3) is 10.9 Å². The minimum Gasteiger partial charge on any atom is -0.292 e. The monoisotopic (exact) mass is 331 g/mol. The van der Waals surface area contributed by atoms with Crippen LogP contribution in [0.4, 0.5) is 0 Å². The number of ketones is 1. The van der Waals surface area contributed by atoms with E-state index in [4.69, 9.17) is 0 Å². The average molecular weight is 332 g/mol. The molecule has 1 aromatic heterocycles. The Morgan fingerprint density at radius 2 is 1.95 bits per heavy atom. The van der Waals surface area contributed by atoms with Crippen molar-refractivity contribution < 1.29 is 4.79 Å². The molecule has 0 spiro atoms. The second kappa shape index (κ2) is 6.04. The highest BCUT2D eigenvalue weighted by Gasteiger charge is 2.20. The summed E-state index contributed by atoms with van der Waals surface area (Å²) in [6.07, 6.45) is 6.88. The number of carbonyl (C=O) groups excluding carboxylic acids is 1. The molecule has 2 aromatic rings. The topological polar surface area (TPSA) is 30.0 Å². The van der Waals surface area contributed by atoms with E-state index < -0.39 is 0 Å². The Hall–Kier alpha value is -1.22. The fourth-order valence-corrected chi connectivity index (χ4v) is 3.59. The molecule has 0 saturated heterocycles. The van der Waals surface area contributed by atoms with Gasteiger partial charge in [0.25, 0.3) is 0 Å². The van der Waals surface area contributed by atoms with Crippen molar-refractivity contribution >= 4 is 32.6 Å². The first kappa shape index (κ1) is 13.7. The summed E-state index contributed by atoms with van der Waals surface area (Å²) in [7, 11) is 0. The van der Waals surface area contributed by atoms with Crippen molar-refractivity contribution in [3.63, 3.8) is 0 Å². The SMILES string of the molecule is O=C(CC1CCCCC1)c1nc2ccccc2cc1Br. The van der Waals surface area contributed by atoms with Crippen LogP contribution in [0.2, 0.25) is 0 Å². The number of fused-ring (bicyclic) bond motifs is 1. The molecule has 3 rings (SSSR count). The lowest BCUT2D eigenvalue weighted by Gasteiger charge is -2.20. The number of benzene rings is 1. The Kier molecular flexibility index (Phi) is 4.16. The number of para-hydroxylation sites is 1. The summed E-state index contributed by atoms with van der Waals surface area (Å²) >= 11 is 3.50. The lowest BCUT2D eigenvalue weighted by atomic mass is 9.85. The van der Waals surface area contributed by atoms with Crippen molar-refractivity contribution in [1.29, 1.82) is 0 Å².